The zero-order valence-electron chi connectivity index (χ0n) is 13.2. The summed E-state index contributed by atoms with van der Waals surface area (Å²) in [6, 6.07) is 17.0. The number of carboxylic acid groups (broad SMARTS) is 1. The number of carbonyl (C=O) groups excluding carboxylic acids is 1. The smallest absolute Gasteiger partial charge is 0.153 e. The van der Waals surface area contributed by atoms with Crippen LogP contribution >= 0.6 is 23.2 Å². The van der Waals surface area contributed by atoms with Gasteiger partial charge in [-0.05, 0) is 42.5 Å². The second kappa shape index (κ2) is 6.48. The molecule has 0 amide bonds. The Morgan fingerprint density at radius 2 is 1.73 bits per heavy atom. The zero-order chi connectivity index (χ0) is 18.3. The number of nitrogens with zero attached hydrogens (tertiary/aromatic N) is 1. The van der Waals surface area contributed by atoms with Gasteiger partial charge < -0.3 is 14.3 Å². The van der Waals surface area contributed by atoms with Crippen molar-refractivity contribution in [1.29, 1.82) is 0 Å². The Morgan fingerprint density at radius 3 is 2.50 bits per heavy atom. The molecular weight excluding hydrogens is 373 g/mol. The number of furan rings is 1. The number of rotatable bonds is 3. The first-order chi connectivity index (χ1) is 12.5. The van der Waals surface area contributed by atoms with Crippen molar-refractivity contribution in [2.45, 2.75) is 0 Å². The Kier molecular flexibility index (Phi) is 4.15. The van der Waals surface area contributed by atoms with E-state index in [9.17, 15) is 9.90 Å². The molecule has 0 saturated carbocycles. The summed E-state index contributed by atoms with van der Waals surface area (Å²) in [5.41, 5.74) is 1.70. The van der Waals surface area contributed by atoms with E-state index in [2.05, 4.69) is 4.98 Å². The van der Waals surface area contributed by atoms with E-state index in [0.717, 1.165) is 0 Å². The molecule has 0 unspecified atom stereocenters. The number of para-hydroxylation sites is 1. The van der Waals surface area contributed by atoms with Crippen molar-refractivity contribution in [3.05, 3.63) is 76.3 Å². The quantitative estimate of drug-likeness (QED) is 0.508. The van der Waals surface area contributed by atoms with Gasteiger partial charge in [-0.2, -0.15) is 0 Å². The van der Waals surface area contributed by atoms with Crippen LogP contribution in [0.15, 0.2) is 65.1 Å². The topological polar surface area (TPSA) is 66.2 Å². The van der Waals surface area contributed by atoms with Crippen molar-refractivity contribution in [2.24, 2.45) is 0 Å². The molecule has 6 heteroatoms. The van der Waals surface area contributed by atoms with Crippen LogP contribution in [-0.4, -0.2) is 11.0 Å². The summed E-state index contributed by atoms with van der Waals surface area (Å²) in [6.45, 7) is 0. The Balaban J connectivity index is 1.84. The molecule has 2 aromatic carbocycles. The maximum atomic E-state index is 11.5. The lowest BCUT2D eigenvalue weighted by atomic mass is 10.1. The highest BCUT2D eigenvalue weighted by Gasteiger charge is 2.14. The van der Waals surface area contributed by atoms with Gasteiger partial charge in [0.2, 0.25) is 0 Å². The van der Waals surface area contributed by atoms with Crippen LogP contribution in [0.4, 0.5) is 0 Å². The zero-order valence-corrected chi connectivity index (χ0v) is 14.7. The van der Waals surface area contributed by atoms with Crippen molar-refractivity contribution in [1.82, 2.24) is 4.98 Å². The molecule has 0 bridgehead atoms. The van der Waals surface area contributed by atoms with Crippen LogP contribution in [0.3, 0.4) is 0 Å². The number of carbonyl (C=O) groups is 1. The van der Waals surface area contributed by atoms with E-state index in [0.29, 0.717) is 43.7 Å². The van der Waals surface area contributed by atoms with E-state index in [4.69, 9.17) is 27.6 Å². The lowest BCUT2D eigenvalue weighted by molar-refractivity contribution is -0.254. The molecule has 4 aromatic rings. The van der Waals surface area contributed by atoms with Crippen LogP contribution in [0.1, 0.15) is 10.4 Å². The van der Waals surface area contributed by atoms with Crippen LogP contribution in [-0.2, 0) is 0 Å². The molecule has 128 valence electrons. The number of halogens is 2. The van der Waals surface area contributed by atoms with Gasteiger partial charge in [-0.3, -0.25) is 0 Å². The fraction of sp³-hybridized carbons (Fsp3) is 0. The number of benzene rings is 2. The summed E-state index contributed by atoms with van der Waals surface area (Å²) in [5, 5.41) is 13.0. The Labute approximate surface area is 158 Å². The first-order valence-corrected chi connectivity index (χ1v) is 8.45. The van der Waals surface area contributed by atoms with Crippen LogP contribution in [0.2, 0.25) is 10.0 Å². The summed E-state index contributed by atoms with van der Waals surface area (Å²) in [7, 11) is 0. The van der Waals surface area contributed by atoms with E-state index in [1.165, 1.54) is 6.07 Å². The lowest BCUT2D eigenvalue weighted by Gasteiger charge is -2.09. The summed E-state index contributed by atoms with van der Waals surface area (Å²) in [5.74, 6) is -0.303. The molecule has 0 N–H and O–H groups in total. The van der Waals surface area contributed by atoms with Gasteiger partial charge in [-0.15, -0.1) is 0 Å². The fourth-order valence-corrected chi connectivity index (χ4v) is 3.28. The maximum Gasteiger partial charge on any atom is 0.153 e. The van der Waals surface area contributed by atoms with Crippen LogP contribution in [0.5, 0.6) is 0 Å². The SMILES string of the molecule is O=C([O-])c1cc(-c2ccc(-c3ccc(Cl)cc3Cl)o2)nc2ccccc12. The summed E-state index contributed by atoms with van der Waals surface area (Å²) in [6.07, 6.45) is 0. The third-order valence-electron chi connectivity index (χ3n) is 3.99. The first-order valence-electron chi connectivity index (χ1n) is 7.70. The van der Waals surface area contributed by atoms with E-state index < -0.39 is 5.97 Å². The standard InChI is InChI=1S/C20H11Cl2NO3/c21-11-5-6-13(15(22)9-11)18-7-8-19(26-18)17-10-14(20(24)25)12-3-1-2-4-16(12)23-17/h1-10H,(H,24,25)/p-1. The van der Waals surface area contributed by atoms with Gasteiger partial charge in [0.25, 0.3) is 0 Å². The number of hydrogen-bond acceptors (Lipinski definition) is 4. The third-order valence-corrected chi connectivity index (χ3v) is 4.54. The second-order valence-electron chi connectivity index (χ2n) is 5.65. The normalized spacial score (nSPS) is 11.0. The first kappa shape index (κ1) is 16.6. The van der Waals surface area contributed by atoms with Gasteiger partial charge in [-0.1, -0.05) is 41.4 Å². The van der Waals surface area contributed by atoms with Crippen molar-refractivity contribution in [3.8, 4) is 22.8 Å². The van der Waals surface area contributed by atoms with Gasteiger partial charge >= 0.3 is 0 Å². The molecule has 4 rings (SSSR count). The van der Waals surface area contributed by atoms with E-state index in [1.807, 2.05) is 0 Å². The van der Waals surface area contributed by atoms with Crippen molar-refractivity contribution >= 4 is 40.1 Å². The van der Waals surface area contributed by atoms with E-state index in [1.54, 1.807) is 54.6 Å². The number of fused-ring (bicyclic) bond motifs is 1. The number of aromatic carboxylic acids is 1. The van der Waals surface area contributed by atoms with E-state index in [-0.39, 0.29) is 5.56 Å². The van der Waals surface area contributed by atoms with Crippen molar-refractivity contribution < 1.29 is 14.3 Å². The lowest BCUT2D eigenvalue weighted by Crippen LogP contribution is -2.22. The highest BCUT2D eigenvalue weighted by Crippen LogP contribution is 2.34. The largest absolute Gasteiger partial charge is 0.545 e. The minimum absolute atomic E-state index is 0.0630. The maximum absolute atomic E-state index is 11.5. The molecule has 0 fully saturated rings. The van der Waals surface area contributed by atoms with Crippen molar-refractivity contribution in [3.63, 3.8) is 0 Å². The van der Waals surface area contributed by atoms with Gasteiger partial charge in [-0.25, -0.2) is 4.98 Å². The predicted octanol–water partition coefficient (Wildman–Crippen LogP) is 4.83. The third kappa shape index (κ3) is 2.94. The Morgan fingerprint density at radius 1 is 0.962 bits per heavy atom. The second-order valence-corrected chi connectivity index (χ2v) is 6.49. The summed E-state index contributed by atoms with van der Waals surface area (Å²) in [4.78, 5) is 16.0. The highest BCUT2D eigenvalue weighted by molar-refractivity contribution is 6.36. The highest BCUT2D eigenvalue weighted by atomic mass is 35.5. The van der Waals surface area contributed by atoms with Gasteiger partial charge in [0.05, 0.1) is 16.5 Å². The monoisotopic (exact) mass is 382 g/mol. The van der Waals surface area contributed by atoms with Gasteiger partial charge in [0, 0.05) is 21.5 Å². The molecule has 0 aliphatic carbocycles. The Hall–Kier alpha value is -2.82. The number of carboxylic acids is 1. The number of pyridine rings is 1. The van der Waals surface area contributed by atoms with Crippen LogP contribution < -0.4 is 5.11 Å². The van der Waals surface area contributed by atoms with Gasteiger partial charge in [0.1, 0.15) is 11.5 Å². The molecule has 0 saturated heterocycles. The molecule has 26 heavy (non-hydrogen) atoms. The molecule has 4 nitrogen and oxygen atoms in total. The Bertz CT molecular complexity index is 1150. The molecular formula is C20H10Cl2NO3-. The van der Waals surface area contributed by atoms with Crippen molar-refractivity contribution in [2.75, 3.05) is 0 Å². The minimum atomic E-state index is -1.27. The molecule has 0 aliphatic rings. The number of aromatic nitrogens is 1. The average molecular weight is 383 g/mol. The van der Waals surface area contributed by atoms with E-state index >= 15 is 0 Å². The molecule has 0 spiro atoms. The number of hydrogen-bond donors (Lipinski definition) is 0. The summed E-state index contributed by atoms with van der Waals surface area (Å²) < 4.78 is 5.86. The molecule has 2 heterocycles. The molecule has 0 radical (unpaired) electrons. The van der Waals surface area contributed by atoms with Gasteiger partial charge in [0.15, 0.2) is 5.76 Å². The van der Waals surface area contributed by atoms with Crippen LogP contribution in [0.25, 0.3) is 33.7 Å². The summed E-state index contributed by atoms with van der Waals surface area (Å²) >= 11 is 12.1. The molecule has 0 atom stereocenters. The predicted molar refractivity (Wildman–Crippen MR) is 99.2 cm³/mol. The fourth-order valence-electron chi connectivity index (χ4n) is 2.78. The average Bonchev–Trinajstić information content (AvgIpc) is 3.10. The molecule has 2 aromatic heterocycles. The minimum Gasteiger partial charge on any atom is -0.545 e. The molecule has 0 aliphatic heterocycles. The van der Waals surface area contributed by atoms with Crippen LogP contribution in [0, 0.1) is 0 Å².